The molecule has 2 aromatic carbocycles. The fourth-order valence-corrected chi connectivity index (χ4v) is 7.01. The van der Waals surface area contributed by atoms with Crippen LogP contribution in [-0.2, 0) is 7.05 Å². The second kappa shape index (κ2) is 7.28. The van der Waals surface area contributed by atoms with Gasteiger partial charge in [0.1, 0.15) is 5.52 Å². The first-order valence-electron chi connectivity index (χ1n) is 12.9. The summed E-state index contributed by atoms with van der Waals surface area (Å²) >= 11 is 0. The van der Waals surface area contributed by atoms with Gasteiger partial charge in [-0.3, -0.25) is 4.98 Å². The highest BCUT2D eigenvalue weighted by Gasteiger charge is 2.30. The molecule has 5 aromatic rings. The highest BCUT2D eigenvalue weighted by Crippen LogP contribution is 2.41. The fourth-order valence-electron chi connectivity index (χ4n) is 7.01. The van der Waals surface area contributed by atoms with Gasteiger partial charge >= 0.3 is 0 Å². The Morgan fingerprint density at radius 3 is 2.45 bits per heavy atom. The molecule has 0 saturated heterocycles. The summed E-state index contributed by atoms with van der Waals surface area (Å²) in [6.45, 7) is 2.24. The van der Waals surface area contributed by atoms with Gasteiger partial charge in [0.15, 0.2) is 11.0 Å². The minimum absolute atomic E-state index is 0.672. The smallest absolute Gasteiger partial charge is 0.255 e. The van der Waals surface area contributed by atoms with E-state index in [0.29, 0.717) is 11.8 Å². The first kappa shape index (κ1) is 19.5. The van der Waals surface area contributed by atoms with Gasteiger partial charge in [-0.1, -0.05) is 43.9 Å². The number of rotatable bonds is 2. The largest absolute Gasteiger partial charge is 0.297 e. The number of aromatic nitrogens is 3. The van der Waals surface area contributed by atoms with Gasteiger partial charge in [0, 0.05) is 17.1 Å². The van der Waals surface area contributed by atoms with Gasteiger partial charge in [-0.15, -0.1) is 0 Å². The second-order valence-electron chi connectivity index (χ2n) is 10.5. The van der Waals surface area contributed by atoms with Crippen molar-refractivity contribution in [3.8, 4) is 0 Å². The van der Waals surface area contributed by atoms with Crippen molar-refractivity contribution in [2.24, 2.45) is 7.05 Å². The molecule has 0 radical (unpaired) electrons. The maximum atomic E-state index is 4.97. The fraction of sp³-hybridized carbons (Fsp3) is 0.400. The molecular weight excluding hydrogens is 402 g/mol. The molecule has 2 aliphatic carbocycles. The maximum absolute atomic E-state index is 4.97. The Kier molecular flexibility index (Phi) is 4.31. The molecule has 0 aliphatic heterocycles. The molecule has 0 atom stereocenters. The quantitative estimate of drug-likeness (QED) is 0.212. The van der Waals surface area contributed by atoms with Crippen molar-refractivity contribution in [3.05, 3.63) is 65.4 Å². The summed E-state index contributed by atoms with van der Waals surface area (Å²) in [5.74, 6) is 1.38. The monoisotopic (exact) mass is 434 g/mol. The van der Waals surface area contributed by atoms with Crippen molar-refractivity contribution in [1.29, 1.82) is 0 Å². The Morgan fingerprint density at radius 1 is 0.909 bits per heavy atom. The molecule has 2 fully saturated rings. The van der Waals surface area contributed by atoms with Gasteiger partial charge in [0.05, 0.1) is 18.0 Å². The zero-order chi connectivity index (χ0) is 22.1. The van der Waals surface area contributed by atoms with E-state index < -0.39 is 0 Å². The maximum Gasteiger partial charge on any atom is 0.297 e. The minimum Gasteiger partial charge on any atom is -0.255 e. The van der Waals surface area contributed by atoms with Crippen LogP contribution in [0.2, 0.25) is 0 Å². The van der Waals surface area contributed by atoms with E-state index >= 15 is 0 Å². The molecule has 3 heterocycles. The molecule has 0 unspecified atom stereocenters. The van der Waals surface area contributed by atoms with Crippen molar-refractivity contribution in [2.45, 2.75) is 70.1 Å². The summed E-state index contributed by atoms with van der Waals surface area (Å²) in [6, 6.07) is 16.4. The van der Waals surface area contributed by atoms with Crippen LogP contribution < -0.4 is 4.57 Å². The lowest BCUT2D eigenvalue weighted by Gasteiger charge is -2.13. The summed E-state index contributed by atoms with van der Waals surface area (Å²) in [5, 5.41) is 2.61. The Balaban J connectivity index is 1.68. The number of hydrogen-bond acceptors (Lipinski definition) is 1. The van der Waals surface area contributed by atoms with Gasteiger partial charge in [0.2, 0.25) is 0 Å². The van der Waals surface area contributed by atoms with Gasteiger partial charge in [-0.2, -0.15) is 4.40 Å². The van der Waals surface area contributed by atoms with Crippen LogP contribution in [-0.4, -0.2) is 9.38 Å². The normalized spacial score (nSPS) is 18.0. The van der Waals surface area contributed by atoms with Crippen molar-refractivity contribution in [1.82, 2.24) is 9.38 Å². The van der Waals surface area contributed by atoms with Crippen LogP contribution in [0, 0.1) is 6.92 Å². The van der Waals surface area contributed by atoms with Gasteiger partial charge in [0.25, 0.3) is 5.65 Å². The lowest BCUT2D eigenvalue weighted by Crippen LogP contribution is -2.27. The van der Waals surface area contributed by atoms with E-state index in [9.17, 15) is 0 Å². The van der Waals surface area contributed by atoms with E-state index in [1.165, 1.54) is 101 Å². The molecule has 0 bridgehead atoms. The van der Waals surface area contributed by atoms with Crippen LogP contribution >= 0.6 is 0 Å². The highest BCUT2D eigenvalue weighted by atomic mass is 15.1. The highest BCUT2D eigenvalue weighted by molar-refractivity contribution is 6.12. The molecule has 0 amide bonds. The van der Waals surface area contributed by atoms with Crippen molar-refractivity contribution >= 4 is 38.5 Å². The van der Waals surface area contributed by atoms with Crippen molar-refractivity contribution < 1.29 is 4.57 Å². The third kappa shape index (κ3) is 2.74. The minimum atomic E-state index is 0.672. The standard InChI is InChI=1S/C30H32N3/c1-19-16-17-31-28-24-18-22(20-8-3-4-9-20)14-15-25(24)33-29-23(21-10-5-6-11-21)12-7-13-26(29)32(2)30(33)27(19)28/h7,12-18,20-21H,3-6,8-11H2,1-2H3/q+1. The van der Waals surface area contributed by atoms with E-state index in [2.05, 4.69) is 65.4 Å². The Bertz CT molecular complexity index is 1550. The van der Waals surface area contributed by atoms with Crippen LogP contribution in [0.1, 0.15) is 79.9 Å². The van der Waals surface area contributed by atoms with Gasteiger partial charge in [-0.05, 0) is 79.8 Å². The number of fused-ring (bicyclic) bond motifs is 8. The Morgan fingerprint density at radius 2 is 1.67 bits per heavy atom. The van der Waals surface area contributed by atoms with Crippen molar-refractivity contribution in [2.75, 3.05) is 0 Å². The molecule has 7 rings (SSSR count). The third-order valence-corrected chi connectivity index (χ3v) is 8.68. The number of para-hydroxylation sites is 1. The molecule has 2 saturated carbocycles. The van der Waals surface area contributed by atoms with Crippen LogP contribution in [0.25, 0.3) is 38.5 Å². The van der Waals surface area contributed by atoms with Crippen LogP contribution in [0.3, 0.4) is 0 Å². The van der Waals surface area contributed by atoms with E-state index in [1.807, 2.05) is 6.20 Å². The topological polar surface area (TPSA) is 21.2 Å². The van der Waals surface area contributed by atoms with E-state index in [4.69, 9.17) is 4.98 Å². The molecule has 33 heavy (non-hydrogen) atoms. The van der Waals surface area contributed by atoms with Crippen LogP contribution in [0.4, 0.5) is 0 Å². The van der Waals surface area contributed by atoms with E-state index in [-0.39, 0.29) is 0 Å². The molecule has 2 aliphatic rings. The lowest BCUT2D eigenvalue weighted by molar-refractivity contribution is -0.617. The molecule has 0 spiro atoms. The molecule has 166 valence electrons. The Hall–Kier alpha value is -2.94. The molecular formula is C30H32N3+. The first-order chi connectivity index (χ1) is 16.2. The lowest BCUT2D eigenvalue weighted by atomic mass is 9.94. The third-order valence-electron chi connectivity index (χ3n) is 8.68. The van der Waals surface area contributed by atoms with Gasteiger partial charge in [-0.25, -0.2) is 4.57 Å². The number of aryl methyl sites for hydroxylation is 2. The Labute approximate surface area is 195 Å². The van der Waals surface area contributed by atoms with Gasteiger partial charge < -0.3 is 0 Å². The van der Waals surface area contributed by atoms with E-state index in [1.54, 1.807) is 0 Å². The van der Waals surface area contributed by atoms with E-state index in [0.717, 1.165) is 5.52 Å². The number of hydrogen-bond donors (Lipinski definition) is 0. The summed E-state index contributed by atoms with van der Waals surface area (Å²) in [6.07, 6.45) is 12.7. The number of pyridine rings is 2. The predicted molar refractivity (Wildman–Crippen MR) is 136 cm³/mol. The average molecular weight is 435 g/mol. The SMILES string of the molecule is Cc1ccnc2c3cc(C4CCCC4)ccc3n3c4c(C5CCCC5)cccc4[n+](C)c3c12. The predicted octanol–water partition coefficient (Wildman–Crippen LogP) is 7.24. The summed E-state index contributed by atoms with van der Waals surface area (Å²) in [4.78, 5) is 4.97. The molecule has 0 N–H and O–H groups in total. The molecule has 3 nitrogen and oxygen atoms in total. The van der Waals surface area contributed by atoms with Crippen molar-refractivity contribution in [3.63, 3.8) is 0 Å². The number of imidazole rings is 1. The van der Waals surface area contributed by atoms with Crippen LogP contribution in [0.15, 0.2) is 48.7 Å². The molecule has 3 heteroatoms. The zero-order valence-corrected chi connectivity index (χ0v) is 19.8. The summed E-state index contributed by atoms with van der Waals surface area (Å²) in [5.41, 5.74) is 10.8. The summed E-state index contributed by atoms with van der Waals surface area (Å²) in [7, 11) is 2.24. The zero-order valence-electron chi connectivity index (χ0n) is 19.8. The number of benzene rings is 2. The first-order valence-corrected chi connectivity index (χ1v) is 12.9. The van der Waals surface area contributed by atoms with Crippen LogP contribution in [0.5, 0.6) is 0 Å². The second-order valence-corrected chi connectivity index (χ2v) is 10.5. The average Bonchev–Trinajstić information content (AvgIpc) is 3.61. The number of nitrogens with zero attached hydrogens (tertiary/aromatic N) is 3. The summed E-state index contributed by atoms with van der Waals surface area (Å²) < 4.78 is 4.99. The molecule has 3 aromatic heterocycles.